The Balaban J connectivity index is 1.39. The van der Waals surface area contributed by atoms with E-state index in [-0.39, 0.29) is 31.8 Å². The Morgan fingerprint density at radius 2 is 2.00 bits per heavy atom. The number of anilines is 2. The predicted molar refractivity (Wildman–Crippen MR) is 105 cm³/mol. The number of nitrogens with one attached hydrogen (secondary N) is 2. The summed E-state index contributed by atoms with van der Waals surface area (Å²) in [5, 5.41) is 10.9. The summed E-state index contributed by atoms with van der Waals surface area (Å²) in [7, 11) is 0. The summed E-state index contributed by atoms with van der Waals surface area (Å²) in [4.78, 5) is 22.6. The number of halogens is 2. The first kappa shape index (κ1) is 17.9. The Kier molecular flexibility index (Phi) is 4.12. The Morgan fingerprint density at radius 1 is 1.21 bits per heavy atom. The summed E-state index contributed by atoms with van der Waals surface area (Å²) < 4.78 is 31.8. The van der Waals surface area contributed by atoms with Gasteiger partial charge in [-0.1, -0.05) is 0 Å². The number of fused-ring (bicyclic) bond motifs is 2. The van der Waals surface area contributed by atoms with E-state index in [1.54, 1.807) is 18.5 Å². The number of likely N-dealkylation sites (tertiary alicyclic amines) is 1. The molecule has 0 atom stereocenters. The molecule has 4 heterocycles. The fraction of sp³-hybridized carbons (Fsp3) is 0.278. The molecule has 0 bridgehead atoms. The number of amides is 1. The van der Waals surface area contributed by atoms with Gasteiger partial charge in [0.15, 0.2) is 11.3 Å². The SMILES string of the molecule is O=C(c1nsc2cc(Nc3[nH]nc4nccnc34)ccc12)N1CCC(F)(F)CC1. The maximum absolute atomic E-state index is 13.4. The highest BCUT2D eigenvalue weighted by atomic mass is 32.1. The number of piperidine rings is 1. The van der Waals surface area contributed by atoms with Crippen LogP contribution in [0.4, 0.5) is 20.3 Å². The molecular weight excluding hydrogens is 400 g/mol. The number of benzene rings is 1. The molecule has 0 aliphatic carbocycles. The average molecular weight is 415 g/mol. The standard InChI is InChI=1S/C18H15F2N7OS/c19-18(20)3-7-27(8-4-18)17(28)13-11-2-1-10(9-12(11)29-26-13)23-16-14-15(24-25-16)22-6-5-21-14/h1-2,5-6,9H,3-4,7-8H2,(H2,22,23,24,25). The first-order chi connectivity index (χ1) is 14.0. The lowest BCUT2D eigenvalue weighted by atomic mass is 10.1. The van der Waals surface area contributed by atoms with E-state index >= 15 is 0 Å². The second-order valence-corrected chi connectivity index (χ2v) is 7.65. The van der Waals surface area contributed by atoms with Gasteiger partial charge in [0, 0.05) is 49.4 Å². The quantitative estimate of drug-likeness (QED) is 0.531. The zero-order valence-electron chi connectivity index (χ0n) is 15.0. The van der Waals surface area contributed by atoms with Crippen molar-refractivity contribution in [1.29, 1.82) is 0 Å². The molecule has 29 heavy (non-hydrogen) atoms. The van der Waals surface area contributed by atoms with E-state index in [1.165, 1.54) is 16.4 Å². The van der Waals surface area contributed by atoms with E-state index in [0.717, 1.165) is 10.4 Å². The third-order valence-corrected chi connectivity index (χ3v) is 5.72. The van der Waals surface area contributed by atoms with Crippen LogP contribution in [0.5, 0.6) is 0 Å². The van der Waals surface area contributed by atoms with Crippen molar-refractivity contribution in [3.05, 3.63) is 36.3 Å². The molecule has 1 aliphatic heterocycles. The molecule has 3 aromatic heterocycles. The van der Waals surface area contributed by atoms with Crippen LogP contribution in [0, 0.1) is 0 Å². The van der Waals surface area contributed by atoms with Gasteiger partial charge in [0.05, 0.1) is 4.70 Å². The van der Waals surface area contributed by atoms with Gasteiger partial charge in [-0.25, -0.2) is 18.7 Å². The first-order valence-electron chi connectivity index (χ1n) is 8.99. The number of rotatable bonds is 3. The van der Waals surface area contributed by atoms with E-state index in [4.69, 9.17) is 0 Å². The summed E-state index contributed by atoms with van der Waals surface area (Å²) in [6, 6.07) is 5.50. The van der Waals surface area contributed by atoms with E-state index in [1.807, 2.05) is 12.1 Å². The second kappa shape index (κ2) is 6.69. The largest absolute Gasteiger partial charge is 0.339 e. The van der Waals surface area contributed by atoms with Crippen molar-refractivity contribution in [3.8, 4) is 0 Å². The molecule has 1 saturated heterocycles. The van der Waals surface area contributed by atoms with Crippen LogP contribution in [0.15, 0.2) is 30.6 Å². The molecule has 0 unspecified atom stereocenters. The van der Waals surface area contributed by atoms with Crippen LogP contribution in [-0.4, -0.2) is 54.4 Å². The summed E-state index contributed by atoms with van der Waals surface area (Å²) in [5.74, 6) is -2.38. The first-order valence-corrected chi connectivity index (χ1v) is 9.76. The van der Waals surface area contributed by atoms with Crippen molar-refractivity contribution >= 4 is 50.2 Å². The number of hydrogen-bond donors (Lipinski definition) is 2. The number of carbonyl (C=O) groups is 1. The number of nitrogens with zero attached hydrogens (tertiary/aromatic N) is 5. The molecule has 11 heteroatoms. The zero-order valence-corrected chi connectivity index (χ0v) is 15.8. The summed E-state index contributed by atoms with van der Waals surface area (Å²) in [5.41, 5.74) is 2.21. The number of aromatic amines is 1. The Morgan fingerprint density at radius 3 is 2.83 bits per heavy atom. The minimum atomic E-state index is -2.69. The van der Waals surface area contributed by atoms with E-state index in [9.17, 15) is 13.6 Å². The molecular formula is C18H15F2N7OS. The summed E-state index contributed by atoms with van der Waals surface area (Å²) in [6.07, 6.45) is 2.54. The van der Waals surface area contributed by atoms with Gasteiger partial charge in [0.25, 0.3) is 11.8 Å². The highest BCUT2D eigenvalue weighted by molar-refractivity contribution is 7.13. The van der Waals surface area contributed by atoms with Crippen LogP contribution < -0.4 is 5.32 Å². The summed E-state index contributed by atoms with van der Waals surface area (Å²) >= 11 is 1.20. The number of H-pyrrole nitrogens is 1. The maximum Gasteiger partial charge on any atom is 0.274 e. The van der Waals surface area contributed by atoms with Crippen LogP contribution >= 0.6 is 11.5 Å². The molecule has 8 nitrogen and oxygen atoms in total. The van der Waals surface area contributed by atoms with Crippen molar-refractivity contribution in [2.75, 3.05) is 18.4 Å². The molecule has 0 radical (unpaired) electrons. The fourth-order valence-corrected chi connectivity index (χ4v) is 4.15. The van der Waals surface area contributed by atoms with Crippen LogP contribution in [0.1, 0.15) is 23.3 Å². The molecule has 2 N–H and O–H groups in total. The maximum atomic E-state index is 13.4. The lowest BCUT2D eigenvalue weighted by Crippen LogP contribution is -2.42. The molecule has 1 amide bonds. The lowest BCUT2D eigenvalue weighted by molar-refractivity contribution is -0.0494. The number of aromatic nitrogens is 5. The van der Waals surface area contributed by atoms with Gasteiger partial charge in [0.2, 0.25) is 5.65 Å². The smallest absolute Gasteiger partial charge is 0.274 e. The molecule has 0 saturated carbocycles. The van der Waals surface area contributed by atoms with Crippen molar-refractivity contribution < 1.29 is 13.6 Å². The van der Waals surface area contributed by atoms with Gasteiger partial charge in [-0.2, -0.15) is 9.47 Å². The van der Waals surface area contributed by atoms with Crippen LogP contribution in [0.2, 0.25) is 0 Å². The topological polar surface area (TPSA) is 99.7 Å². The Labute approximate surface area is 167 Å². The number of carbonyl (C=O) groups excluding carboxylic acids is 1. The molecule has 5 rings (SSSR count). The third-order valence-electron chi connectivity index (χ3n) is 4.92. The lowest BCUT2D eigenvalue weighted by Gasteiger charge is -2.31. The van der Waals surface area contributed by atoms with E-state index in [2.05, 4.69) is 29.9 Å². The Hall–Kier alpha value is -3.21. The van der Waals surface area contributed by atoms with Crippen molar-refractivity contribution in [2.45, 2.75) is 18.8 Å². The van der Waals surface area contributed by atoms with Crippen LogP contribution in [0.25, 0.3) is 21.3 Å². The zero-order chi connectivity index (χ0) is 20.0. The molecule has 4 aromatic rings. The predicted octanol–water partition coefficient (Wildman–Crippen LogP) is 3.58. The molecule has 1 aliphatic rings. The average Bonchev–Trinajstić information content (AvgIpc) is 3.32. The van der Waals surface area contributed by atoms with Crippen molar-refractivity contribution in [1.82, 2.24) is 29.4 Å². The van der Waals surface area contributed by atoms with E-state index < -0.39 is 5.92 Å². The van der Waals surface area contributed by atoms with Gasteiger partial charge in [-0.15, -0.1) is 0 Å². The number of hydrogen-bond acceptors (Lipinski definition) is 7. The highest BCUT2D eigenvalue weighted by Gasteiger charge is 2.36. The molecule has 1 fully saturated rings. The monoisotopic (exact) mass is 415 g/mol. The third kappa shape index (κ3) is 3.27. The Bertz CT molecular complexity index is 1210. The molecule has 1 aromatic carbocycles. The minimum absolute atomic E-state index is 0.0401. The summed E-state index contributed by atoms with van der Waals surface area (Å²) in [6.45, 7) is 0.0802. The number of alkyl halides is 2. The van der Waals surface area contributed by atoms with Gasteiger partial charge < -0.3 is 10.2 Å². The van der Waals surface area contributed by atoms with Crippen LogP contribution in [0.3, 0.4) is 0 Å². The fourth-order valence-electron chi connectivity index (χ4n) is 3.34. The highest BCUT2D eigenvalue weighted by Crippen LogP contribution is 2.32. The van der Waals surface area contributed by atoms with Gasteiger partial charge in [-0.05, 0) is 29.7 Å². The molecule has 0 spiro atoms. The van der Waals surface area contributed by atoms with Crippen molar-refractivity contribution in [3.63, 3.8) is 0 Å². The van der Waals surface area contributed by atoms with Crippen LogP contribution in [-0.2, 0) is 0 Å². The normalized spacial score (nSPS) is 16.4. The molecule has 148 valence electrons. The van der Waals surface area contributed by atoms with Crippen molar-refractivity contribution in [2.24, 2.45) is 0 Å². The van der Waals surface area contributed by atoms with Gasteiger partial charge in [0.1, 0.15) is 5.69 Å². The van der Waals surface area contributed by atoms with Gasteiger partial charge in [-0.3, -0.25) is 9.89 Å². The minimum Gasteiger partial charge on any atom is -0.339 e. The second-order valence-electron chi connectivity index (χ2n) is 6.84. The van der Waals surface area contributed by atoms with E-state index in [0.29, 0.717) is 28.1 Å². The van der Waals surface area contributed by atoms with Gasteiger partial charge >= 0.3 is 0 Å².